The summed E-state index contributed by atoms with van der Waals surface area (Å²) in [7, 11) is 1.70. The van der Waals surface area contributed by atoms with Gasteiger partial charge in [-0.05, 0) is 36.8 Å². The number of amides is 1. The zero-order chi connectivity index (χ0) is 13.7. The van der Waals surface area contributed by atoms with Crippen molar-refractivity contribution < 1.29 is 9.53 Å². The van der Waals surface area contributed by atoms with E-state index in [9.17, 15) is 4.79 Å². The van der Waals surface area contributed by atoms with Gasteiger partial charge in [0, 0.05) is 20.3 Å². The zero-order valence-corrected chi connectivity index (χ0v) is 11.1. The normalized spacial score (nSPS) is 15.9. The lowest BCUT2D eigenvalue weighted by Crippen LogP contribution is -2.31. The third kappa shape index (κ3) is 3.65. The van der Waals surface area contributed by atoms with Gasteiger partial charge in [-0.1, -0.05) is 6.07 Å². The monoisotopic (exact) mass is 264 g/mol. The molecule has 1 aromatic rings. The van der Waals surface area contributed by atoms with E-state index in [0.29, 0.717) is 18.1 Å². The molecule has 2 rings (SSSR count). The Kier molecular flexibility index (Phi) is 4.34. The van der Waals surface area contributed by atoms with Crippen molar-refractivity contribution in [2.24, 2.45) is 11.3 Å². The van der Waals surface area contributed by atoms with E-state index in [0.717, 1.165) is 25.9 Å². The summed E-state index contributed by atoms with van der Waals surface area (Å²) in [6.45, 7) is 1.41. The highest BCUT2D eigenvalue weighted by Gasteiger charge is 2.42. The van der Waals surface area contributed by atoms with Crippen molar-refractivity contribution >= 4 is 11.7 Å². The van der Waals surface area contributed by atoms with Crippen LogP contribution in [0.5, 0.6) is 0 Å². The predicted molar refractivity (Wildman–Crippen MR) is 72.5 cm³/mol. The van der Waals surface area contributed by atoms with Gasteiger partial charge in [0.25, 0.3) is 5.91 Å². The molecular formula is C13H20N4O2. The van der Waals surface area contributed by atoms with E-state index < -0.39 is 0 Å². The highest BCUT2D eigenvalue weighted by atomic mass is 16.5. The molecule has 1 aromatic heterocycles. The topological polar surface area (TPSA) is 89.3 Å². The minimum absolute atomic E-state index is 0.166. The molecule has 1 heterocycles. The van der Waals surface area contributed by atoms with Crippen LogP contribution in [0.2, 0.25) is 0 Å². The van der Waals surface area contributed by atoms with Crippen molar-refractivity contribution in [2.75, 3.05) is 25.7 Å². The van der Waals surface area contributed by atoms with Crippen LogP contribution >= 0.6 is 0 Å². The van der Waals surface area contributed by atoms with Crippen LogP contribution in [-0.4, -0.2) is 31.2 Å². The van der Waals surface area contributed by atoms with Gasteiger partial charge in [-0.2, -0.15) is 0 Å². The number of pyridine rings is 1. The number of hydrogen-bond donors (Lipinski definition) is 3. The van der Waals surface area contributed by atoms with Crippen molar-refractivity contribution in [3.63, 3.8) is 0 Å². The average Bonchev–Trinajstić information content (AvgIpc) is 3.23. The predicted octanol–water partition coefficient (Wildman–Crippen LogP) is 0.914. The van der Waals surface area contributed by atoms with Crippen LogP contribution in [0, 0.1) is 5.41 Å². The summed E-state index contributed by atoms with van der Waals surface area (Å²) in [4.78, 5) is 16.1. The van der Waals surface area contributed by atoms with Crippen LogP contribution in [-0.2, 0) is 4.74 Å². The molecule has 1 aliphatic rings. The maximum Gasteiger partial charge on any atom is 0.269 e. The van der Waals surface area contributed by atoms with E-state index in [4.69, 9.17) is 10.6 Å². The molecule has 0 bridgehead atoms. The van der Waals surface area contributed by atoms with Crippen molar-refractivity contribution in [3.8, 4) is 0 Å². The Bertz CT molecular complexity index is 446. The van der Waals surface area contributed by atoms with Crippen LogP contribution in [0.1, 0.15) is 29.8 Å². The Labute approximate surface area is 112 Å². The molecule has 4 N–H and O–H groups in total. The number of nitrogens with one attached hydrogen (secondary N) is 2. The number of carbonyl (C=O) groups is 1. The van der Waals surface area contributed by atoms with E-state index in [2.05, 4.69) is 15.7 Å². The highest BCUT2D eigenvalue weighted by molar-refractivity contribution is 5.92. The maximum absolute atomic E-state index is 12.0. The molecule has 0 aliphatic heterocycles. The summed E-state index contributed by atoms with van der Waals surface area (Å²) in [5.41, 5.74) is 3.03. The first-order valence-corrected chi connectivity index (χ1v) is 6.40. The Hall–Kier alpha value is -1.66. The van der Waals surface area contributed by atoms with Gasteiger partial charge in [-0.25, -0.2) is 10.8 Å². The number of methoxy groups -OCH3 is 1. The lowest BCUT2D eigenvalue weighted by molar-refractivity contribution is 0.0933. The lowest BCUT2D eigenvalue weighted by Gasteiger charge is -2.15. The average molecular weight is 264 g/mol. The fraction of sp³-hybridized carbons (Fsp3) is 0.538. The van der Waals surface area contributed by atoms with Gasteiger partial charge in [0.2, 0.25) is 0 Å². The number of anilines is 1. The smallest absolute Gasteiger partial charge is 0.269 e. The standard InChI is InChI=1S/C13H20N4O2/c1-19-8-7-13(5-6-13)9-15-12(18)10-3-2-4-11(16-10)17-14/h2-4H,5-9,14H2,1H3,(H,15,18)(H,16,17). The number of carbonyl (C=O) groups excluding carboxylic acids is 1. The summed E-state index contributed by atoms with van der Waals surface area (Å²) in [6.07, 6.45) is 3.28. The Morgan fingerprint density at radius 1 is 1.53 bits per heavy atom. The summed E-state index contributed by atoms with van der Waals surface area (Å²) < 4.78 is 5.09. The molecule has 6 nitrogen and oxygen atoms in total. The molecule has 0 unspecified atom stereocenters. The molecule has 0 atom stereocenters. The number of ether oxygens (including phenoxy) is 1. The van der Waals surface area contributed by atoms with E-state index >= 15 is 0 Å². The highest BCUT2D eigenvalue weighted by Crippen LogP contribution is 2.48. The van der Waals surface area contributed by atoms with Gasteiger partial charge in [0.05, 0.1) is 0 Å². The lowest BCUT2D eigenvalue weighted by atomic mass is 10.0. The number of nitrogens with two attached hydrogens (primary N) is 1. The molecule has 0 aromatic carbocycles. The first-order valence-electron chi connectivity index (χ1n) is 6.40. The SMILES string of the molecule is COCCC1(CNC(=O)c2cccc(NN)n2)CC1. The van der Waals surface area contributed by atoms with E-state index in [1.54, 1.807) is 25.3 Å². The molecule has 1 amide bonds. The third-order valence-corrected chi connectivity index (χ3v) is 3.55. The van der Waals surface area contributed by atoms with Crippen LogP contribution in [0.3, 0.4) is 0 Å². The van der Waals surface area contributed by atoms with E-state index in [-0.39, 0.29) is 11.3 Å². The third-order valence-electron chi connectivity index (χ3n) is 3.55. The van der Waals surface area contributed by atoms with Gasteiger partial charge >= 0.3 is 0 Å². The number of nitrogen functional groups attached to an aromatic ring is 1. The summed E-state index contributed by atoms with van der Waals surface area (Å²) >= 11 is 0. The summed E-state index contributed by atoms with van der Waals surface area (Å²) in [5, 5.41) is 2.94. The molecular weight excluding hydrogens is 244 g/mol. The molecule has 19 heavy (non-hydrogen) atoms. The molecule has 1 fully saturated rings. The van der Waals surface area contributed by atoms with Crippen molar-refractivity contribution in [3.05, 3.63) is 23.9 Å². The van der Waals surface area contributed by atoms with Gasteiger partial charge in [0.15, 0.2) is 0 Å². The summed E-state index contributed by atoms with van der Waals surface area (Å²) in [5.74, 6) is 5.58. The molecule has 0 saturated heterocycles. The second kappa shape index (κ2) is 5.99. The fourth-order valence-electron chi connectivity index (χ4n) is 2.01. The molecule has 0 spiro atoms. The first kappa shape index (κ1) is 13.8. The van der Waals surface area contributed by atoms with E-state index in [1.807, 2.05) is 0 Å². The first-order chi connectivity index (χ1) is 9.19. The van der Waals surface area contributed by atoms with Gasteiger partial charge in [0.1, 0.15) is 11.5 Å². The number of hydrogen-bond acceptors (Lipinski definition) is 5. The fourth-order valence-corrected chi connectivity index (χ4v) is 2.01. The van der Waals surface area contributed by atoms with Crippen molar-refractivity contribution in [1.29, 1.82) is 0 Å². The van der Waals surface area contributed by atoms with Gasteiger partial charge in [-0.15, -0.1) is 0 Å². The Balaban J connectivity index is 1.87. The second-order valence-corrected chi connectivity index (χ2v) is 4.98. The number of rotatable bonds is 7. The van der Waals surface area contributed by atoms with Crippen LogP contribution in [0.15, 0.2) is 18.2 Å². The minimum Gasteiger partial charge on any atom is -0.385 e. The molecule has 6 heteroatoms. The van der Waals surface area contributed by atoms with Crippen LogP contribution < -0.4 is 16.6 Å². The Morgan fingerprint density at radius 2 is 2.32 bits per heavy atom. The number of aromatic nitrogens is 1. The quantitative estimate of drug-likeness (QED) is 0.503. The van der Waals surface area contributed by atoms with Crippen LogP contribution in [0.4, 0.5) is 5.82 Å². The number of nitrogens with zero attached hydrogens (tertiary/aromatic N) is 1. The van der Waals surface area contributed by atoms with E-state index in [1.165, 1.54) is 0 Å². The minimum atomic E-state index is -0.166. The second-order valence-electron chi connectivity index (χ2n) is 4.98. The zero-order valence-electron chi connectivity index (χ0n) is 11.1. The summed E-state index contributed by atoms with van der Waals surface area (Å²) in [6, 6.07) is 5.12. The molecule has 1 saturated carbocycles. The maximum atomic E-state index is 12.0. The van der Waals surface area contributed by atoms with Gasteiger partial charge in [-0.3, -0.25) is 4.79 Å². The molecule has 0 radical (unpaired) electrons. The number of hydrazine groups is 1. The van der Waals surface area contributed by atoms with Crippen LogP contribution in [0.25, 0.3) is 0 Å². The van der Waals surface area contributed by atoms with Crippen molar-refractivity contribution in [2.45, 2.75) is 19.3 Å². The molecule has 104 valence electrons. The Morgan fingerprint density at radius 3 is 2.95 bits per heavy atom. The van der Waals surface area contributed by atoms with Gasteiger partial charge < -0.3 is 15.5 Å². The van der Waals surface area contributed by atoms with Crippen molar-refractivity contribution in [1.82, 2.24) is 10.3 Å². The molecule has 1 aliphatic carbocycles. The largest absolute Gasteiger partial charge is 0.385 e.